The molecule has 0 amide bonds. The van der Waals surface area contributed by atoms with Crippen molar-refractivity contribution in [3.05, 3.63) is 35.9 Å². The summed E-state index contributed by atoms with van der Waals surface area (Å²) >= 11 is 12.2. The van der Waals surface area contributed by atoms with E-state index in [2.05, 4.69) is 0 Å². The molecule has 0 bridgehead atoms. The van der Waals surface area contributed by atoms with Gasteiger partial charge in [0.25, 0.3) is 0 Å². The lowest BCUT2D eigenvalue weighted by Crippen LogP contribution is -2.31. The number of alkyl halides is 2. The molecule has 1 rings (SSSR count). The van der Waals surface area contributed by atoms with Gasteiger partial charge >= 0.3 is 0 Å². The van der Waals surface area contributed by atoms with E-state index in [0.717, 1.165) is 5.56 Å². The highest BCUT2D eigenvalue weighted by atomic mass is 35.5. The van der Waals surface area contributed by atoms with Crippen molar-refractivity contribution in [1.29, 1.82) is 0 Å². The Hall–Kier alpha value is -0.250. The van der Waals surface area contributed by atoms with Crippen LogP contribution in [0.5, 0.6) is 0 Å². The van der Waals surface area contributed by atoms with Crippen LogP contribution in [0.4, 0.5) is 0 Å². The third-order valence-corrected chi connectivity index (χ3v) is 6.26. The van der Waals surface area contributed by atoms with Gasteiger partial charge in [-0.15, -0.1) is 23.2 Å². The number of rotatable bonds is 8. The van der Waals surface area contributed by atoms with E-state index in [4.69, 9.17) is 23.2 Å². The maximum atomic E-state index is 11.5. The monoisotopic (exact) mass is 322 g/mol. The Morgan fingerprint density at radius 2 is 1.68 bits per heavy atom. The fourth-order valence-electron chi connectivity index (χ4n) is 2.03. The zero-order chi connectivity index (χ0) is 14.4. The Balaban J connectivity index is 2.79. The minimum Gasteiger partial charge on any atom is -0.229 e. The zero-order valence-corrected chi connectivity index (χ0v) is 13.4. The largest absolute Gasteiger partial charge is 0.229 e. The van der Waals surface area contributed by atoms with E-state index in [0.29, 0.717) is 24.6 Å². The number of halogens is 2. The van der Waals surface area contributed by atoms with Crippen LogP contribution < -0.4 is 0 Å². The number of hydrogen-bond donors (Lipinski definition) is 0. The van der Waals surface area contributed by atoms with Crippen molar-refractivity contribution >= 4 is 33.0 Å². The predicted octanol–water partition coefficient (Wildman–Crippen LogP) is 3.62. The van der Waals surface area contributed by atoms with Gasteiger partial charge in [0.1, 0.15) is 9.84 Å². The summed E-state index contributed by atoms with van der Waals surface area (Å²) in [5.41, 5.74) is 0.738. The van der Waals surface area contributed by atoms with Crippen LogP contribution in [0.1, 0.15) is 25.3 Å². The summed E-state index contributed by atoms with van der Waals surface area (Å²) in [7, 11) is -2.93. The Morgan fingerprint density at radius 1 is 1.11 bits per heavy atom. The molecule has 0 atom stereocenters. The molecule has 0 saturated carbocycles. The lowest BCUT2D eigenvalue weighted by Gasteiger charge is -2.30. The summed E-state index contributed by atoms with van der Waals surface area (Å²) in [6.45, 7) is 1.67. The highest BCUT2D eigenvalue weighted by Gasteiger charge is 2.30. The topological polar surface area (TPSA) is 34.1 Å². The Labute approximate surface area is 126 Å². The normalized spacial score (nSPS) is 12.6. The summed E-state index contributed by atoms with van der Waals surface area (Å²) in [6, 6.07) is 9.84. The van der Waals surface area contributed by atoms with Gasteiger partial charge in [0.05, 0.1) is 5.75 Å². The van der Waals surface area contributed by atoms with Gasteiger partial charge in [-0.25, -0.2) is 8.42 Å². The first-order valence-electron chi connectivity index (χ1n) is 6.37. The minimum atomic E-state index is -2.93. The van der Waals surface area contributed by atoms with Gasteiger partial charge in [-0.2, -0.15) is 0 Å². The van der Waals surface area contributed by atoms with E-state index in [1.54, 1.807) is 6.92 Å². The average Bonchev–Trinajstić information content (AvgIpc) is 2.45. The molecule has 0 unspecified atom stereocenters. The van der Waals surface area contributed by atoms with E-state index in [9.17, 15) is 8.42 Å². The van der Waals surface area contributed by atoms with Crippen LogP contribution in [0.2, 0.25) is 0 Å². The van der Waals surface area contributed by atoms with Gasteiger partial charge in [0.15, 0.2) is 0 Å². The van der Waals surface area contributed by atoms with Crippen molar-refractivity contribution in [2.45, 2.75) is 25.2 Å². The van der Waals surface area contributed by atoms with Crippen molar-refractivity contribution in [3.63, 3.8) is 0 Å². The lowest BCUT2D eigenvalue weighted by atomic mass is 9.80. The molecular formula is C14H20Cl2O2S. The van der Waals surface area contributed by atoms with E-state index in [1.807, 2.05) is 30.3 Å². The van der Waals surface area contributed by atoms with Crippen LogP contribution in [0.15, 0.2) is 30.3 Å². The molecule has 0 spiro atoms. The van der Waals surface area contributed by atoms with Crippen LogP contribution in [0, 0.1) is 0 Å². The molecule has 0 aliphatic heterocycles. The van der Waals surface area contributed by atoms with E-state index in [-0.39, 0.29) is 16.9 Å². The Morgan fingerprint density at radius 3 is 2.16 bits per heavy atom. The molecule has 1 aromatic rings. The van der Waals surface area contributed by atoms with Crippen LogP contribution in [-0.2, 0) is 15.3 Å². The van der Waals surface area contributed by atoms with Crippen molar-refractivity contribution in [2.24, 2.45) is 0 Å². The summed E-state index contributed by atoms with van der Waals surface area (Å²) in [6.07, 6.45) is 1.27. The van der Waals surface area contributed by atoms with Crippen LogP contribution in [0.25, 0.3) is 0 Å². The zero-order valence-electron chi connectivity index (χ0n) is 11.1. The molecule has 5 heteroatoms. The molecule has 0 saturated heterocycles. The number of hydrogen-bond acceptors (Lipinski definition) is 2. The van der Waals surface area contributed by atoms with Gasteiger partial charge in [-0.3, -0.25) is 0 Å². The summed E-state index contributed by atoms with van der Waals surface area (Å²) < 4.78 is 23.1. The Kier molecular flexibility index (Phi) is 6.64. The molecule has 0 radical (unpaired) electrons. The highest BCUT2D eigenvalue weighted by molar-refractivity contribution is 7.91. The van der Waals surface area contributed by atoms with E-state index < -0.39 is 9.84 Å². The first-order valence-corrected chi connectivity index (χ1v) is 9.26. The van der Waals surface area contributed by atoms with Crippen molar-refractivity contribution in [2.75, 3.05) is 23.3 Å². The minimum absolute atomic E-state index is 0.188. The second-order valence-electron chi connectivity index (χ2n) is 4.75. The molecule has 0 fully saturated rings. The lowest BCUT2D eigenvalue weighted by molar-refractivity contribution is 0.483. The maximum absolute atomic E-state index is 11.5. The summed E-state index contributed by atoms with van der Waals surface area (Å²) in [4.78, 5) is 0. The smallest absolute Gasteiger partial charge is 0.150 e. The quantitative estimate of drug-likeness (QED) is 0.685. The molecule has 1 aromatic carbocycles. The van der Waals surface area contributed by atoms with Crippen molar-refractivity contribution < 1.29 is 8.42 Å². The molecule has 19 heavy (non-hydrogen) atoms. The van der Waals surface area contributed by atoms with Crippen LogP contribution in [0.3, 0.4) is 0 Å². The number of sulfone groups is 1. The van der Waals surface area contributed by atoms with Gasteiger partial charge in [0.2, 0.25) is 0 Å². The van der Waals surface area contributed by atoms with E-state index >= 15 is 0 Å². The molecule has 0 heterocycles. The Bertz CT molecular complexity index is 467. The van der Waals surface area contributed by atoms with Gasteiger partial charge in [-0.05, 0) is 18.4 Å². The third-order valence-electron chi connectivity index (χ3n) is 3.45. The molecule has 108 valence electrons. The predicted molar refractivity (Wildman–Crippen MR) is 83.1 cm³/mol. The fraction of sp³-hybridized carbons (Fsp3) is 0.571. The summed E-state index contributed by atoms with van der Waals surface area (Å²) in [5, 5.41) is 0. The molecule has 2 nitrogen and oxygen atoms in total. The van der Waals surface area contributed by atoms with Crippen molar-refractivity contribution in [3.8, 4) is 0 Å². The molecule has 0 aliphatic rings. The molecule has 0 N–H and O–H groups in total. The SMILES string of the molecule is CCS(=O)(=O)CCCC(CCl)(CCl)c1ccccc1. The third kappa shape index (κ3) is 4.66. The molecule has 0 aromatic heterocycles. The van der Waals surface area contributed by atoms with Crippen LogP contribution in [-0.4, -0.2) is 31.7 Å². The first-order chi connectivity index (χ1) is 8.99. The van der Waals surface area contributed by atoms with Crippen molar-refractivity contribution in [1.82, 2.24) is 0 Å². The highest BCUT2D eigenvalue weighted by Crippen LogP contribution is 2.32. The standard InChI is InChI=1S/C14H20Cl2O2S/c1-2-19(17,18)10-6-9-14(11-15,12-16)13-7-4-3-5-8-13/h3-5,7-8H,2,6,9-12H2,1H3. The molecular weight excluding hydrogens is 303 g/mol. The van der Waals surface area contributed by atoms with Gasteiger partial charge in [-0.1, -0.05) is 37.3 Å². The average molecular weight is 323 g/mol. The second-order valence-corrected chi connectivity index (χ2v) is 7.76. The summed E-state index contributed by atoms with van der Waals surface area (Å²) in [5.74, 6) is 1.18. The second kappa shape index (κ2) is 7.51. The number of benzene rings is 1. The van der Waals surface area contributed by atoms with Crippen LogP contribution >= 0.6 is 23.2 Å². The maximum Gasteiger partial charge on any atom is 0.150 e. The fourth-order valence-corrected chi connectivity index (χ4v) is 3.77. The van der Waals surface area contributed by atoms with Gasteiger partial charge < -0.3 is 0 Å². The molecule has 0 aliphatic carbocycles. The van der Waals surface area contributed by atoms with Gasteiger partial charge in [0, 0.05) is 22.9 Å². The first kappa shape index (κ1) is 16.8. The van der Waals surface area contributed by atoms with E-state index in [1.165, 1.54) is 0 Å².